The Bertz CT molecular complexity index is 778. The van der Waals surface area contributed by atoms with E-state index >= 15 is 0 Å². The molecule has 7 heteroatoms. The number of rotatable bonds is 9. The molecule has 2 heterocycles. The molecule has 0 amide bonds. The lowest BCUT2D eigenvalue weighted by molar-refractivity contribution is 0.0392. The lowest BCUT2D eigenvalue weighted by Crippen LogP contribution is -2.38. The largest absolute Gasteiger partial charge is 0.492 e. The number of likely N-dealkylation sites (N-methyl/N-ethyl adjacent to an activating group) is 1. The number of guanidine groups is 1. The van der Waals surface area contributed by atoms with Crippen LogP contribution in [0.3, 0.4) is 0 Å². The van der Waals surface area contributed by atoms with Gasteiger partial charge in [0.1, 0.15) is 12.4 Å². The van der Waals surface area contributed by atoms with Gasteiger partial charge in [0.15, 0.2) is 5.96 Å². The van der Waals surface area contributed by atoms with Gasteiger partial charge in [0, 0.05) is 45.6 Å². The minimum Gasteiger partial charge on any atom is -0.492 e. The number of nitrogens with zero attached hydrogens (tertiary/aromatic N) is 3. The topological polar surface area (TPSA) is 71.0 Å². The van der Waals surface area contributed by atoms with Crippen molar-refractivity contribution >= 4 is 5.96 Å². The molecule has 1 aromatic heterocycles. The summed E-state index contributed by atoms with van der Waals surface area (Å²) in [4.78, 5) is 11.0. The van der Waals surface area contributed by atoms with Crippen LogP contribution in [-0.4, -0.2) is 62.3 Å². The normalized spacial score (nSPS) is 15.2. The summed E-state index contributed by atoms with van der Waals surface area (Å²) in [5.74, 6) is 1.64. The number of nitrogens with one attached hydrogen (secondary N) is 2. The maximum Gasteiger partial charge on any atom is 0.191 e. The third-order valence-electron chi connectivity index (χ3n) is 5.27. The number of benzene rings is 1. The van der Waals surface area contributed by atoms with Gasteiger partial charge < -0.3 is 20.1 Å². The molecule has 30 heavy (non-hydrogen) atoms. The second-order valence-electron chi connectivity index (χ2n) is 7.42. The second-order valence-corrected chi connectivity index (χ2v) is 7.42. The van der Waals surface area contributed by atoms with Crippen LogP contribution in [0.15, 0.2) is 53.7 Å². The molecule has 162 valence electrons. The van der Waals surface area contributed by atoms with Crippen molar-refractivity contribution in [3.63, 3.8) is 0 Å². The highest BCUT2D eigenvalue weighted by atomic mass is 16.5. The zero-order valence-electron chi connectivity index (χ0n) is 18.0. The van der Waals surface area contributed by atoms with E-state index in [0.29, 0.717) is 25.7 Å². The first-order valence-corrected chi connectivity index (χ1v) is 10.6. The molecule has 1 aromatic carbocycles. The van der Waals surface area contributed by atoms with Crippen molar-refractivity contribution in [3.8, 4) is 5.75 Å². The highest BCUT2D eigenvalue weighted by molar-refractivity contribution is 5.79. The van der Waals surface area contributed by atoms with E-state index in [1.165, 1.54) is 0 Å². The Kier molecular flexibility index (Phi) is 8.93. The number of pyridine rings is 1. The Labute approximate surface area is 179 Å². The van der Waals surface area contributed by atoms with Crippen molar-refractivity contribution in [3.05, 3.63) is 59.9 Å². The summed E-state index contributed by atoms with van der Waals surface area (Å²) < 4.78 is 11.4. The summed E-state index contributed by atoms with van der Waals surface area (Å²) >= 11 is 0. The van der Waals surface area contributed by atoms with Gasteiger partial charge in [-0.25, -0.2) is 0 Å². The predicted molar refractivity (Wildman–Crippen MR) is 120 cm³/mol. The van der Waals surface area contributed by atoms with Gasteiger partial charge in [-0.15, -0.1) is 0 Å². The van der Waals surface area contributed by atoms with Crippen LogP contribution in [0, 0.1) is 0 Å². The summed E-state index contributed by atoms with van der Waals surface area (Å²) in [5, 5.41) is 6.62. The molecular weight excluding hydrogens is 378 g/mol. The van der Waals surface area contributed by atoms with Gasteiger partial charge in [0.2, 0.25) is 0 Å². The number of ether oxygens (including phenoxy) is 2. The summed E-state index contributed by atoms with van der Waals surface area (Å²) in [6.45, 7) is 4.62. The first-order valence-electron chi connectivity index (χ1n) is 10.6. The van der Waals surface area contributed by atoms with Crippen molar-refractivity contribution in [1.82, 2.24) is 20.5 Å². The average molecular weight is 412 g/mol. The van der Waals surface area contributed by atoms with Crippen LogP contribution < -0.4 is 15.4 Å². The number of aliphatic imine (C=N–C) groups is 1. The van der Waals surface area contributed by atoms with E-state index in [1.54, 1.807) is 13.2 Å². The van der Waals surface area contributed by atoms with Crippen LogP contribution in [0.2, 0.25) is 0 Å². The van der Waals surface area contributed by atoms with Crippen LogP contribution in [0.5, 0.6) is 5.75 Å². The lowest BCUT2D eigenvalue weighted by Gasteiger charge is -2.31. The standard InChI is InChI=1S/C23H33N5O2/c1-24-23(27-18-20-7-3-4-11-25-20)26-17-19-6-5-8-22(16-19)30-15-12-28(2)21-9-13-29-14-10-21/h3-8,11,16,21H,9-10,12-15,17-18H2,1-2H3,(H2,24,26,27). The zero-order chi connectivity index (χ0) is 21.0. The van der Waals surface area contributed by atoms with Gasteiger partial charge in [0.25, 0.3) is 0 Å². The van der Waals surface area contributed by atoms with Gasteiger partial charge in [-0.1, -0.05) is 18.2 Å². The van der Waals surface area contributed by atoms with Crippen molar-refractivity contribution < 1.29 is 9.47 Å². The summed E-state index contributed by atoms with van der Waals surface area (Å²) in [6, 6.07) is 14.7. The summed E-state index contributed by atoms with van der Waals surface area (Å²) in [6.07, 6.45) is 4.00. The molecule has 1 aliphatic heterocycles. The third kappa shape index (κ3) is 7.31. The molecule has 0 atom stereocenters. The number of hydrogen-bond donors (Lipinski definition) is 2. The van der Waals surface area contributed by atoms with Crippen molar-refractivity contribution in [2.45, 2.75) is 32.0 Å². The number of hydrogen-bond acceptors (Lipinski definition) is 5. The molecule has 2 N–H and O–H groups in total. The third-order valence-corrected chi connectivity index (χ3v) is 5.27. The average Bonchev–Trinajstić information content (AvgIpc) is 2.80. The van der Waals surface area contributed by atoms with E-state index in [0.717, 1.165) is 55.6 Å². The van der Waals surface area contributed by atoms with Crippen LogP contribution in [-0.2, 0) is 17.8 Å². The maximum atomic E-state index is 5.99. The molecular formula is C23H33N5O2. The quantitative estimate of drug-likeness (QED) is 0.488. The van der Waals surface area contributed by atoms with Crippen molar-refractivity contribution in [2.24, 2.45) is 4.99 Å². The van der Waals surface area contributed by atoms with E-state index in [1.807, 2.05) is 30.3 Å². The Morgan fingerprint density at radius 1 is 1.17 bits per heavy atom. The second kappa shape index (κ2) is 12.1. The maximum absolute atomic E-state index is 5.99. The molecule has 0 spiro atoms. The van der Waals surface area contributed by atoms with Gasteiger partial charge in [-0.2, -0.15) is 0 Å². The van der Waals surface area contributed by atoms with E-state index in [2.05, 4.69) is 44.7 Å². The monoisotopic (exact) mass is 411 g/mol. The molecule has 1 fully saturated rings. The Hall–Kier alpha value is -2.64. The lowest BCUT2D eigenvalue weighted by atomic mass is 10.1. The molecule has 3 rings (SSSR count). The van der Waals surface area contributed by atoms with Crippen LogP contribution in [0.25, 0.3) is 0 Å². The van der Waals surface area contributed by atoms with Gasteiger partial charge in [-0.3, -0.25) is 14.9 Å². The van der Waals surface area contributed by atoms with Gasteiger partial charge in [0.05, 0.1) is 12.2 Å². The Morgan fingerprint density at radius 2 is 2.00 bits per heavy atom. The highest BCUT2D eigenvalue weighted by Gasteiger charge is 2.17. The molecule has 0 unspecified atom stereocenters. The molecule has 0 saturated carbocycles. The minimum atomic E-state index is 0.600. The van der Waals surface area contributed by atoms with E-state index in [-0.39, 0.29) is 0 Å². The zero-order valence-corrected chi connectivity index (χ0v) is 18.0. The smallest absolute Gasteiger partial charge is 0.191 e. The van der Waals surface area contributed by atoms with Crippen molar-refractivity contribution in [2.75, 3.05) is 40.5 Å². The van der Waals surface area contributed by atoms with Gasteiger partial charge in [-0.05, 0) is 49.7 Å². The summed E-state index contributed by atoms with van der Waals surface area (Å²) in [5.41, 5.74) is 2.12. The molecule has 2 aromatic rings. The highest BCUT2D eigenvalue weighted by Crippen LogP contribution is 2.15. The molecule has 1 aliphatic rings. The Balaban J connectivity index is 1.40. The molecule has 0 aliphatic carbocycles. The molecule has 0 radical (unpaired) electrons. The fraction of sp³-hybridized carbons (Fsp3) is 0.478. The molecule has 7 nitrogen and oxygen atoms in total. The van der Waals surface area contributed by atoms with E-state index < -0.39 is 0 Å². The fourth-order valence-corrected chi connectivity index (χ4v) is 3.44. The van der Waals surface area contributed by atoms with Crippen LogP contribution in [0.4, 0.5) is 0 Å². The first-order chi connectivity index (χ1) is 14.7. The van der Waals surface area contributed by atoms with Crippen LogP contribution in [0.1, 0.15) is 24.1 Å². The van der Waals surface area contributed by atoms with E-state index in [4.69, 9.17) is 9.47 Å². The summed E-state index contributed by atoms with van der Waals surface area (Å²) in [7, 11) is 3.94. The number of aromatic nitrogens is 1. The SMILES string of the molecule is CN=C(NCc1cccc(OCCN(C)C2CCOCC2)c1)NCc1ccccn1. The first kappa shape index (κ1) is 22.1. The van der Waals surface area contributed by atoms with Crippen molar-refractivity contribution in [1.29, 1.82) is 0 Å². The predicted octanol–water partition coefficient (Wildman–Crippen LogP) is 2.44. The van der Waals surface area contributed by atoms with E-state index in [9.17, 15) is 0 Å². The Morgan fingerprint density at radius 3 is 2.77 bits per heavy atom. The van der Waals surface area contributed by atoms with Gasteiger partial charge >= 0.3 is 0 Å². The molecule has 1 saturated heterocycles. The molecule has 0 bridgehead atoms. The minimum absolute atomic E-state index is 0.600. The fourth-order valence-electron chi connectivity index (χ4n) is 3.44. The van der Waals surface area contributed by atoms with Crippen LogP contribution >= 0.6 is 0 Å².